The minimum atomic E-state index is -0.947. The Morgan fingerprint density at radius 2 is 2.08 bits per heavy atom. The highest BCUT2D eigenvalue weighted by Gasteiger charge is 2.28. The third-order valence-corrected chi connectivity index (χ3v) is 4.07. The summed E-state index contributed by atoms with van der Waals surface area (Å²) in [6, 6.07) is 7.36. The predicted molar refractivity (Wildman–Crippen MR) is 89.5 cm³/mol. The van der Waals surface area contributed by atoms with Crippen molar-refractivity contribution in [1.29, 1.82) is 0 Å². The van der Waals surface area contributed by atoms with Gasteiger partial charge in [0.2, 0.25) is 0 Å². The topological polar surface area (TPSA) is 81.1 Å². The molecule has 1 N–H and O–H groups in total. The molecule has 0 aliphatic heterocycles. The Labute approximate surface area is 143 Å². The van der Waals surface area contributed by atoms with Gasteiger partial charge in [-0.15, -0.1) is 0 Å². The number of aliphatic carboxylic acids is 1. The Morgan fingerprint density at radius 1 is 1.38 bits per heavy atom. The first-order chi connectivity index (χ1) is 11.5. The van der Waals surface area contributed by atoms with Gasteiger partial charge >= 0.3 is 12.0 Å². The summed E-state index contributed by atoms with van der Waals surface area (Å²) in [5.41, 5.74) is 1.26. The van der Waals surface area contributed by atoms with Crippen molar-refractivity contribution in [2.24, 2.45) is 0 Å². The van der Waals surface area contributed by atoms with E-state index in [1.165, 1.54) is 0 Å². The fourth-order valence-electron chi connectivity index (χ4n) is 2.53. The maximum atomic E-state index is 11.6. The van der Waals surface area contributed by atoms with E-state index in [2.05, 4.69) is 9.97 Å². The lowest BCUT2D eigenvalue weighted by molar-refractivity contribution is -0.139. The largest absolute Gasteiger partial charge is 0.481 e. The summed E-state index contributed by atoms with van der Waals surface area (Å²) >= 11 is 5.94. The summed E-state index contributed by atoms with van der Waals surface area (Å²) in [7, 11) is 0. The van der Waals surface area contributed by atoms with Gasteiger partial charge in [-0.05, 0) is 25.5 Å². The second-order valence-electron chi connectivity index (χ2n) is 5.36. The molecule has 1 aromatic carbocycles. The van der Waals surface area contributed by atoms with Gasteiger partial charge in [0.05, 0.1) is 0 Å². The van der Waals surface area contributed by atoms with Crippen LogP contribution in [-0.2, 0) is 4.79 Å². The van der Waals surface area contributed by atoms with Crippen LogP contribution in [0.3, 0.4) is 0 Å². The lowest BCUT2D eigenvalue weighted by atomic mass is 9.99. The SMILES string of the molecule is CCC(C(=O)O)c1oc(-n2ccnc2C)nc1-c1ccc(Cl)cc1. The summed E-state index contributed by atoms with van der Waals surface area (Å²) in [4.78, 5) is 20.3. The Morgan fingerprint density at radius 3 is 2.62 bits per heavy atom. The maximum Gasteiger partial charge on any atom is 0.314 e. The predicted octanol–water partition coefficient (Wildman–Crippen LogP) is 4.07. The number of aromatic nitrogens is 3. The highest BCUT2D eigenvalue weighted by atomic mass is 35.5. The average Bonchev–Trinajstić information content (AvgIpc) is 3.15. The molecule has 6 nitrogen and oxygen atoms in total. The van der Waals surface area contributed by atoms with E-state index >= 15 is 0 Å². The van der Waals surface area contributed by atoms with Crippen LogP contribution in [0.25, 0.3) is 17.3 Å². The van der Waals surface area contributed by atoms with E-state index < -0.39 is 11.9 Å². The zero-order valence-corrected chi connectivity index (χ0v) is 14.0. The molecule has 0 bridgehead atoms. The summed E-state index contributed by atoms with van der Waals surface area (Å²) in [6.45, 7) is 3.62. The van der Waals surface area contributed by atoms with Crippen LogP contribution in [0.1, 0.15) is 30.8 Å². The molecule has 1 atom stereocenters. The van der Waals surface area contributed by atoms with Crippen LogP contribution < -0.4 is 0 Å². The molecule has 0 aliphatic rings. The molecular formula is C17H16ClN3O3. The smallest absolute Gasteiger partial charge is 0.314 e. The number of hydrogen-bond donors (Lipinski definition) is 1. The van der Waals surface area contributed by atoms with Crippen molar-refractivity contribution in [3.63, 3.8) is 0 Å². The van der Waals surface area contributed by atoms with Crippen LogP contribution >= 0.6 is 11.6 Å². The van der Waals surface area contributed by atoms with Crippen molar-refractivity contribution >= 4 is 17.6 Å². The number of carboxylic acid groups (broad SMARTS) is 1. The molecule has 3 aromatic rings. The summed E-state index contributed by atoms with van der Waals surface area (Å²) in [5, 5.41) is 10.1. The van der Waals surface area contributed by atoms with Crippen molar-refractivity contribution < 1.29 is 14.3 Å². The Balaban J connectivity index is 2.18. The van der Waals surface area contributed by atoms with Crippen LogP contribution in [0, 0.1) is 6.92 Å². The highest BCUT2D eigenvalue weighted by molar-refractivity contribution is 6.30. The second-order valence-corrected chi connectivity index (χ2v) is 5.80. The molecule has 124 valence electrons. The van der Waals surface area contributed by atoms with Crippen molar-refractivity contribution in [2.45, 2.75) is 26.2 Å². The standard InChI is InChI=1S/C17H16ClN3O3/c1-3-13(16(22)23)15-14(11-4-6-12(18)7-5-11)20-17(24-15)21-9-8-19-10(21)2/h4-9,13H,3H2,1-2H3,(H,22,23). The quantitative estimate of drug-likeness (QED) is 0.753. The number of carboxylic acids is 1. The zero-order chi connectivity index (χ0) is 17.3. The molecule has 1 unspecified atom stereocenters. The van der Waals surface area contributed by atoms with Crippen molar-refractivity contribution in [2.75, 3.05) is 0 Å². The molecule has 0 saturated carbocycles. The van der Waals surface area contributed by atoms with Gasteiger partial charge in [0, 0.05) is 23.0 Å². The molecule has 0 saturated heterocycles. The van der Waals surface area contributed by atoms with Gasteiger partial charge < -0.3 is 9.52 Å². The normalized spacial score (nSPS) is 12.3. The van der Waals surface area contributed by atoms with Crippen LogP contribution in [0.5, 0.6) is 0 Å². The van der Waals surface area contributed by atoms with Crippen molar-refractivity contribution in [3.8, 4) is 17.3 Å². The number of halogens is 1. The van der Waals surface area contributed by atoms with Crippen LogP contribution in [0.2, 0.25) is 5.02 Å². The fraction of sp³-hybridized carbons (Fsp3) is 0.235. The summed E-state index contributed by atoms with van der Waals surface area (Å²) < 4.78 is 7.52. The van der Waals surface area contributed by atoms with Gasteiger partial charge in [0.1, 0.15) is 23.2 Å². The van der Waals surface area contributed by atoms with Gasteiger partial charge in [0.25, 0.3) is 0 Å². The third-order valence-electron chi connectivity index (χ3n) is 3.81. The number of oxazole rings is 1. The van der Waals surface area contributed by atoms with E-state index in [1.54, 1.807) is 48.1 Å². The lowest BCUT2D eigenvalue weighted by Crippen LogP contribution is -2.10. The van der Waals surface area contributed by atoms with Gasteiger partial charge in [0.15, 0.2) is 0 Å². The van der Waals surface area contributed by atoms with E-state index in [1.807, 2.05) is 6.92 Å². The molecule has 0 fully saturated rings. The molecule has 24 heavy (non-hydrogen) atoms. The van der Waals surface area contributed by atoms with E-state index in [0.29, 0.717) is 34.7 Å². The number of aryl methyl sites for hydroxylation is 1. The first kappa shape index (κ1) is 16.3. The molecule has 0 spiro atoms. The minimum Gasteiger partial charge on any atom is -0.481 e. The summed E-state index contributed by atoms with van der Waals surface area (Å²) in [6.07, 6.45) is 3.75. The van der Waals surface area contributed by atoms with Crippen LogP contribution in [0.15, 0.2) is 41.1 Å². The van der Waals surface area contributed by atoms with Crippen LogP contribution in [-0.4, -0.2) is 25.6 Å². The number of carbonyl (C=O) groups is 1. The van der Waals surface area contributed by atoms with Crippen LogP contribution in [0.4, 0.5) is 0 Å². The Hall–Kier alpha value is -2.60. The lowest BCUT2D eigenvalue weighted by Gasteiger charge is -2.08. The monoisotopic (exact) mass is 345 g/mol. The first-order valence-corrected chi connectivity index (χ1v) is 7.88. The first-order valence-electron chi connectivity index (χ1n) is 7.51. The second kappa shape index (κ2) is 6.49. The van der Waals surface area contributed by atoms with Gasteiger partial charge in [-0.25, -0.2) is 4.98 Å². The number of hydrogen-bond acceptors (Lipinski definition) is 4. The molecule has 3 rings (SSSR count). The highest BCUT2D eigenvalue weighted by Crippen LogP contribution is 2.33. The number of imidazole rings is 1. The van der Waals surface area contributed by atoms with Crippen molar-refractivity contribution in [3.05, 3.63) is 53.3 Å². The maximum absolute atomic E-state index is 11.6. The molecule has 2 heterocycles. The van der Waals surface area contributed by atoms with Gasteiger partial charge in [-0.1, -0.05) is 30.7 Å². The van der Waals surface area contributed by atoms with E-state index in [-0.39, 0.29) is 0 Å². The molecule has 0 amide bonds. The van der Waals surface area contributed by atoms with Gasteiger partial charge in [-0.2, -0.15) is 4.98 Å². The zero-order valence-electron chi connectivity index (χ0n) is 13.2. The van der Waals surface area contributed by atoms with Crippen molar-refractivity contribution in [1.82, 2.24) is 14.5 Å². The van der Waals surface area contributed by atoms with E-state index in [9.17, 15) is 9.90 Å². The summed E-state index contributed by atoms with van der Waals surface area (Å²) in [5.74, 6) is -0.692. The number of benzene rings is 1. The molecular weight excluding hydrogens is 330 g/mol. The molecule has 7 heteroatoms. The Bertz CT molecular complexity index is 868. The Kier molecular flexibility index (Phi) is 4.40. The van der Waals surface area contributed by atoms with E-state index in [4.69, 9.17) is 16.0 Å². The minimum absolute atomic E-state index is 0.296. The molecule has 0 radical (unpaired) electrons. The van der Waals surface area contributed by atoms with E-state index in [0.717, 1.165) is 5.56 Å². The third kappa shape index (κ3) is 2.92. The molecule has 0 aliphatic carbocycles. The number of nitrogens with zero attached hydrogens (tertiary/aromatic N) is 3. The fourth-order valence-corrected chi connectivity index (χ4v) is 2.65. The number of rotatable bonds is 5. The van der Waals surface area contributed by atoms with Gasteiger partial charge in [-0.3, -0.25) is 9.36 Å². The molecule has 2 aromatic heterocycles. The average molecular weight is 346 g/mol.